The van der Waals surface area contributed by atoms with E-state index in [4.69, 9.17) is 14.2 Å². The van der Waals surface area contributed by atoms with Gasteiger partial charge >= 0.3 is 5.97 Å². The van der Waals surface area contributed by atoms with Crippen molar-refractivity contribution in [1.29, 1.82) is 0 Å². The number of hydrogen-bond donors (Lipinski definition) is 0. The highest BCUT2D eigenvalue weighted by Gasteiger charge is 2.27. The lowest BCUT2D eigenvalue weighted by Gasteiger charge is -2.30. The van der Waals surface area contributed by atoms with Crippen molar-refractivity contribution in [2.45, 2.75) is 58.7 Å². The number of ether oxygens (including phenoxy) is 3. The highest BCUT2D eigenvalue weighted by molar-refractivity contribution is 6.76. The summed E-state index contributed by atoms with van der Waals surface area (Å²) in [6.07, 6.45) is 9.66. The van der Waals surface area contributed by atoms with E-state index in [1.807, 2.05) is 31.2 Å². The van der Waals surface area contributed by atoms with E-state index < -0.39 is 8.07 Å². The van der Waals surface area contributed by atoms with Crippen molar-refractivity contribution < 1.29 is 19.0 Å². The fourth-order valence-corrected chi connectivity index (χ4v) is 4.19. The maximum absolute atomic E-state index is 12.0. The van der Waals surface area contributed by atoms with Gasteiger partial charge in [-0.05, 0) is 24.1 Å². The second-order valence-electron chi connectivity index (χ2n) is 9.61. The van der Waals surface area contributed by atoms with Crippen molar-refractivity contribution in [3.05, 3.63) is 65.8 Å². The molecule has 0 aliphatic rings. The smallest absolute Gasteiger partial charge is 0.330 e. The van der Waals surface area contributed by atoms with Crippen LogP contribution in [0.25, 0.3) is 6.08 Å². The van der Waals surface area contributed by atoms with Gasteiger partial charge in [0.05, 0.1) is 18.8 Å². The van der Waals surface area contributed by atoms with Crippen LogP contribution in [0.2, 0.25) is 25.7 Å². The Bertz CT molecular complexity index is 762. The summed E-state index contributed by atoms with van der Waals surface area (Å²) in [6.45, 7) is 13.5. The van der Waals surface area contributed by atoms with Gasteiger partial charge in [0.15, 0.2) is 0 Å². The van der Waals surface area contributed by atoms with Crippen LogP contribution in [-0.2, 0) is 19.0 Å². The molecular formula is C27H42O4Si. The molecule has 0 N–H and O–H groups in total. The summed E-state index contributed by atoms with van der Waals surface area (Å²) in [5.41, 5.74) is 2.01. The highest BCUT2D eigenvalue weighted by atomic mass is 28.3. The van der Waals surface area contributed by atoms with Crippen LogP contribution in [0.4, 0.5) is 0 Å². The Morgan fingerprint density at radius 2 is 1.69 bits per heavy atom. The average molecular weight is 459 g/mol. The zero-order chi connectivity index (χ0) is 24.1. The van der Waals surface area contributed by atoms with Crippen molar-refractivity contribution >= 4 is 20.1 Å². The molecule has 32 heavy (non-hydrogen) atoms. The molecule has 4 atom stereocenters. The molecular weight excluding hydrogens is 416 g/mol. The minimum absolute atomic E-state index is 0.0341. The summed E-state index contributed by atoms with van der Waals surface area (Å²) in [7, 11) is 2.26. The lowest BCUT2D eigenvalue weighted by atomic mass is 9.88. The van der Waals surface area contributed by atoms with E-state index in [2.05, 4.69) is 63.8 Å². The number of esters is 1. The second-order valence-corrected chi connectivity index (χ2v) is 15.2. The quantitative estimate of drug-likeness (QED) is 0.149. The summed E-state index contributed by atoms with van der Waals surface area (Å²) in [5.74, 6) is 0.00433. The molecule has 1 rings (SSSR count). The van der Waals surface area contributed by atoms with Crippen LogP contribution in [0.1, 0.15) is 26.3 Å². The van der Waals surface area contributed by atoms with E-state index in [0.717, 1.165) is 17.2 Å². The Labute approximate surface area is 196 Å². The molecule has 0 heterocycles. The molecule has 178 valence electrons. The van der Waals surface area contributed by atoms with Crippen molar-refractivity contribution in [3.8, 4) is 0 Å². The summed E-state index contributed by atoms with van der Waals surface area (Å²) in [6, 6.07) is 11.2. The summed E-state index contributed by atoms with van der Waals surface area (Å²) in [4.78, 5) is 12.0. The van der Waals surface area contributed by atoms with Gasteiger partial charge in [0, 0.05) is 40.2 Å². The van der Waals surface area contributed by atoms with E-state index in [1.165, 1.54) is 0 Å². The molecule has 1 aromatic carbocycles. The molecule has 0 bridgehead atoms. The normalized spacial score (nSPS) is 16.8. The number of rotatable bonds is 13. The maximum atomic E-state index is 12.0. The van der Waals surface area contributed by atoms with Crippen LogP contribution in [0.5, 0.6) is 0 Å². The van der Waals surface area contributed by atoms with Gasteiger partial charge in [0.2, 0.25) is 0 Å². The van der Waals surface area contributed by atoms with Gasteiger partial charge in [-0.3, -0.25) is 0 Å². The van der Waals surface area contributed by atoms with Crippen LogP contribution in [0, 0.1) is 11.8 Å². The molecule has 0 unspecified atom stereocenters. The van der Waals surface area contributed by atoms with Gasteiger partial charge in [0.1, 0.15) is 0 Å². The first-order chi connectivity index (χ1) is 15.1. The number of carbonyl (C=O) groups is 1. The molecule has 5 heteroatoms. The third-order valence-electron chi connectivity index (χ3n) is 5.48. The minimum atomic E-state index is -1.20. The molecule has 0 aromatic heterocycles. The second kappa shape index (κ2) is 14.2. The average Bonchev–Trinajstić information content (AvgIpc) is 2.73. The predicted octanol–water partition coefficient (Wildman–Crippen LogP) is 6.39. The van der Waals surface area contributed by atoms with E-state index in [0.29, 0.717) is 6.61 Å². The number of hydrogen-bond acceptors (Lipinski definition) is 4. The lowest BCUT2D eigenvalue weighted by molar-refractivity contribution is -0.137. The summed E-state index contributed by atoms with van der Waals surface area (Å²) in [5, 5.41) is 0. The highest BCUT2D eigenvalue weighted by Crippen LogP contribution is 2.24. The minimum Gasteiger partial charge on any atom is -0.463 e. The molecule has 0 saturated carbocycles. The van der Waals surface area contributed by atoms with Crippen molar-refractivity contribution in [3.63, 3.8) is 0 Å². The standard InChI is InChI=1S/C27H42O4Si/c1-21(20-26(28)31-18-19-32(6,7)8)14-15-22(2)27(30-5)23(3)25(29-4)17-16-24-12-10-9-11-13-24/h9-17,20,22-23,25,27H,18-19H2,1-8H3/b15-14+,17-16+,21-20+/t22-,23+,25-,27-/m0/s1. The van der Waals surface area contributed by atoms with E-state index in [1.54, 1.807) is 20.3 Å². The van der Waals surface area contributed by atoms with Gasteiger partial charge < -0.3 is 14.2 Å². The maximum Gasteiger partial charge on any atom is 0.330 e. The summed E-state index contributed by atoms with van der Waals surface area (Å²) >= 11 is 0. The third-order valence-corrected chi connectivity index (χ3v) is 7.19. The molecule has 0 amide bonds. The van der Waals surface area contributed by atoms with Gasteiger partial charge in [-0.25, -0.2) is 4.79 Å². The van der Waals surface area contributed by atoms with Crippen molar-refractivity contribution in [1.82, 2.24) is 0 Å². The molecule has 0 aliphatic heterocycles. The fourth-order valence-electron chi connectivity index (χ4n) is 3.48. The lowest BCUT2D eigenvalue weighted by Crippen LogP contribution is -2.35. The Hall–Kier alpha value is -1.95. The van der Waals surface area contributed by atoms with E-state index >= 15 is 0 Å². The van der Waals surface area contributed by atoms with Crippen LogP contribution >= 0.6 is 0 Å². The van der Waals surface area contributed by atoms with Gasteiger partial charge in [0.25, 0.3) is 0 Å². The molecule has 1 aromatic rings. The molecule has 0 spiro atoms. The Morgan fingerprint density at radius 1 is 1.03 bits per heavy atom. The first-order valence-electron chi connectivity index (χ1n) is 11.4. The van der Waals surface area contributed by atoms with Crippen LogP contribution in [0.15, 0.2) is 60.2 Å². The Kier molecular flexibility index (Phi) is 12.5. The first kappa shape index (κ1) is 28.1. The number of allylic oxidation sites excluding steroid dienone is 2. The third kappa shape index (κ3) is 11.1. The Balaban J connectivity index is 2.72. The topological polar surface area (TPSA) is 44.8 Å². The van der Waals surface area contributed by atoms with Crippen LogP contribution in [-0.4, -0.2) is 47.1 Å². The number of carbonyl (C=O) groups excluding carboxylic acids is 1. The largest absolute Gasteiger partial charge is 0.463 e. The summed E-state index contributed by atoms with van der Waals surface area (Å²) < 4.78 is 16.9. The van der Waals surface area contributed by atoms with E-state index in [-0.39, 0.29) is 30.0 Å². The van der Waals surface area contributed by atoms with Gasteiger partial charge in [-0.2, -0.15) is 0 Å². The monoisotopic (exact) mass is 458 g/mol. The fraction of sp³-hybridized carbons (Fsp3) is 0.519. The zero-order valence-corrected chi connectivity index (χ0v) is 22.1. The predicted molar refractivity (Wildman–Crippen MR) is 137 cm³/mol. The number of methoxy groups -OCH3 is 2. The van der Waals surface area contributed by atoms with Crippen molar-refractivity contribution in [2.24, 2.45) is 11.8 Å². The Morgan fingerprint density at radius 3 is 2.25 bits per heavy atom. The van der Waals surface area contributed by atoms with Gasteiger partial charge in [-0.15, -0.1) is 0 Å². The molecule has 0 aliphatic carbocycles. The SMILES string of the molecule is CO[C@H]([C@H](C)[C@H](/C=C/c1ccccc1)OC)[C@@H](C)/C=C/C(C)=C/C(=O)OCC[Si](C)(C)C. The first-order valence-corrected chi connectivity index (χ1v) is 15.1. The zero-order valence-electron chi connectivity index (χ0n) is 21.1. The van der Waals surface area contributed by atoms with Crippen molar-refractivity contribution in [2.75, 3.05) is 20.8 Å². The molecule has 0 radical (unpaired) electrons. The number of benzene rings is 1. The molecule has 0 saturated heterocycles. The van der Waals surface area contributed by atoms with Crippen LogP contribution < -0.4 is 0 Å². The van der Waals surface area contributed by atoms with Crippen LogP contribution in [0.3, 0.4) is 0 Å². The van der Waals surface area contributed by atoms with E-state index in [9.17, 15) is 4.79 Å². The molecule has 4 nitrogen and oxygen atoms in total. The van der Waals surface area contributed by atoms with Gasteiger partial charge in [-0.1, -0.05) is 88.1 Å². The molecule has 0 fully saturated rings.